The highest BCUT2D eigenvalue weighted by molar-refractivity contribution is 5.15. The smallest absolute Gasteiger partial charge is 0.0862 e. The molecule has 3 heteroatoms. The van der Waals surface area contributed by atoms with Crippen LogP contribution in [0.25, 0.3) is 0 Å². The standard InChI is InChI=1S/C14H23NO2/c1-11-3-6-13(9-11,10-15)14(16)7-4-12(17-2)5-8-14/h11-12,16H,3-9H2,1-2H3. The third-order valence-electron chi connectivity index (χ3n) is 4.96. The van der Waals surface area contributed by atoms with Crippen molar-refractivity contribution in [1.29, 1.82) is 5.26 Å². The van der Waals surface area contributed by atoms with E-state index in [1.807, 2.05) is 0 Å². The van der Waals surface area contributed by atoms with E-state index >= 15 is 0 Å². The monoisotopic (exact) mass is 237 g/mol. The molecule has 2 atom stereocenters. The number of nitriles is 1. The fraction of sp³-hybridized carbons (Fsp3) is 0.929. The van der Waals surface area contributed by atoms with E-state index in [0.717, 1.165) is 32.1 Å². The van der Waals surface area contributed by atoms with Crippen molar-refractivity contribution in [3.05, 3.63) is 0 Å². The quantitative estimate of drug-likeness (QED) is 0.803. The van der Waals surface area contributed by atoms with Crippen LogP contribution in [0, 0.1) is 22.7 Å². The van der Waals surface area contributed by atoms with Gasteiger partial charge in [0.1, 0.15) is 0 Å². The van der Waals surface area contributed by atoms with E-state index < -0.39 is 11.0 Å². The van der Waals surface area contributed by atoms with Gasteiger partial charge in [-0.1, -0.05) is 6.92 Å². The Bertz CT molecular complexity index is 315. The summed E-state index contributed by atoms with van der Waals surface area (Å²) < 4.78 is 5.34. The SMILES string of the molecule is COC1CCC(O)(C2(C#N)CCC(C)C2)CC1. The molecule has 0 spiro atoms. The van der Waals surface area contributed by atoms with Crippen molar-refractivity contribution in [3.63, 3.8) is 0 Å². The van der Waals surface area contributed by atoms with Crippen molar-refractivity contribution in [1.82, 2.24) is 0 Å². The molecule has 0 aliphatic heterocycles. The van der Waals surface area contributed by atoms with E-state index in [1.54, 1.807) is 7.11 Å². The van der Waals surface area contributed by atoms with Crippen LogP contribution in [0.3, 0.4) is 0 Å². The van der Waals surface area contributed by atoms with Crippen molar-refractivity contribution >= 4 is 0 Å². The number of nitrogens with zero attached hydrogens (tertiary/aromatic N) is 1. The van der Waals surface area contributed by atoms with E-state index in [1.165, 1.54) is 0 Å². The molecular formula is C14H23NO2. The lowest BCUT2D eigenvalue weighted by atomic mass is 9.64. The molecule has 0 bridgehead atoms. The molecule has 0 radical (unpaired) electrons. The van der Waals surface area contributed by atoms with Crippen molar-refractivity contribution in [2.45, 2.75) is 63.6 Å². The van der Waals surface area contributed by atoms with Gasteiger partial charge in [0.05, 0.1) is 23.2 Å². The van der Waals surface area contributed by atoms with Crippen LogP contribution in [-0.2, 0) is 4.74 Å². The highest BCUT2D eigenvalue weighted by Crippen LogP contribution is 2.53. The van der Waals surface area contributed by atoms with Crippen LogP contribution < -0.4 is 0 Å². The molecule has 2 unspecified atom stereocenters. The Labute approximate surface area is 104 Å². The number of aliphatic hydroxyl groups is 1. The van der Waals surface area contributed by atoms with Gasteiger partial charge in [0.2, 0.25) is 0 Å². The third kappa shape index (κ3) is 2.09. The highest BCUT2D eigenvalue weighted by Gasteiger charge is 2.54. The predicted octanol–water partition coefficient (Wildman–Crippen LogP) is 2.64. The number of ether oxygens (including phenoxy) is 1. The van der Waals surface area contributed by atoms with Gasteiger partial charge < -0.3 is 9.84 Å². The fourth-order valence-electron chi connectivity index (χ4n) is 3.70. The van der Waals surface area contributed by atoms with Crippen LogP contribution in [0.4, 0.5) is 0 Å². The zero-order valence-electron chi connectivity index (χ0n) is 10.9. The third-order valence-corrected chi connectivity index (χ3v) is 4.96. The van der Waals surface area contributed by atoms with E-state index in [4.69, 9.17) is 4.74 Å². The van der Waals surface area contributed by atoms with Gasteiger partial charge in [-0.2, -0.15) is 5.26 Å². The molecule has 2 aliphatic rings. The molecule has 0 amide bonds. The molecule has 2 saturated carbocycles. The largest absolute Gasteiger partial charge is 0.388 e. The maximum absolute atomic E-state index is 10.9. The Morgan fingerprint density at radius 2 is 1.88 bits per heavy atom. The zero-order chi connectivity index (χ0) is 12.5. The molecule has 0 saturated heterocycles. The summed E-state index contributed by atoms with van der Waals surface area (Å²) in [6.45, 7) is 2.18. The van der Waals surface area contributed by atoms with Crippen LogP contribution in [0.1, 0.15) is 51.9 Å². The lowest BCUT2D eigenvalue weighted by molar-refractivity contribution is -0.106. The molecule has 2 fully saturated rings. The summed E-state index contributed by atoms with van der Waals surface area (Å²) >= 11 is 0. The minimum Gasteiger partial charge on any atom is -0.388 e. The summed E-state index contributed by atoms with van der Waals surface area (Å²) in [5, 5.41) is 20.4. The summed E-state index contributed by atoms with van der Waals surface area (Å²) in [5.41, 5.74) is -1.27. The average Bonchev–Trinajstić information content (AvgIpc) is 2.74. The molecule has 0 aromatic rings. The fourth-order valence-corrected chi connectivity index (χ4v) is 3.70. The topological polar surface area (TPSA) is 53.2 Å². The molecule has 2 rings (SSSR count). The Balaban J connectivity index is 2.13. The number of methoxy groups -OCH3 is 1. The number of rotatable bonds is 2. The molecule has 96 valence electrons. The second-order valence-electron chi connectivity index (χ2n) is 6.01. The first-order valence-corrected chi connectivity index (χ1v) is 6.72. The Hall–Kier alpha value is -0.590. The second kappa shape index (κ2) is 4.59. The van der Waals surface area contributed by atoms with Gasteiger partial charge >= 0.3 is 0 Å². The van der Waals surface area contributed by atoms with E-state index in [9.17, 15) is 10.4 Å². The van der Waals surface area contributed by atoms with Crippen LogP contribution in [0.15, 0.2) is 0 Å². The lowest BCUT2D eigenvalue weighted by Crippen LogP contribution is -2.49. The molecule has 1 N–H and O–H groups in total. The zero-order valence-corrected chi connectivity index (χ0v) is 10.9. The van der Waals surface area contributed by atoms with Crippen LogP contribution in [-0.4, -0.2) is 23.9 Å². The Morgan fingerprint density at radius 3 is 2.29 bits per heavy atom. The van der Waals surface area contributed by atoms with Gasteiger partial charge in [-0.3, -0.25) is 0 Å². The minimum atomic E-state index is -0.776. The minimum absolute atomic E-state index is 0.268. The summed E-state index contributed by atoms with van der Waals surface area (Å²) in [6, 6.07) is 2.46. The van der Waals surface area contributed by atoms with Gasteiger partial charge in [0.15, 0.2) is 0 Å². The first-order valence-electron chi connectivity index (χ1n) is 6.72. The lowest BCUT2D eigenvalue weighted by Gasteiger charge is -2.44. The average molecular weight is 237 g/mol. The summed E-state index contributed by atoms with van der Waals surface area (Å²) in [7, 11) is 1.73. The molecule has 2 aliphatic carbocycles. The van der Waals surface area contributed by atoms with Gasteiger partial charge in [-0.15, -0.1) is 0 Å². The van der Waals surface area contributed by atoms with Gasteiger partial charge in [-0.05, 0) is 50.9 Å². The van der Waals surface area contributed by atoms with Crippen molar-refractivity contribution in [3.8, 4) is 6.07 Å². The van der Waals surface area contributed by atoms with Crippen LogP contribution in [0.5, 0.6) is 0 Å². The number of hydrogen-bond donors (Lipinski definition) is 1. The summed E-state index contributed by atoms with van der Waals surface area (Å²) in [5.74, 6) is 0.568. The first kappa shape index (κ1) is 12.9. The molecule has 0 heterocycles. The van der Waals surface area contributed by atoms with E-state index in [2.05, 4.69) is 13.0 Å². The molecule has 3 nitrogen and oxygen atoms in total. The van der Waals surface area contributed by atoms with Gasteiger partial charge in [0.25, 0.3) is 0 Å². The van der Waals surface area contributed by atoms with Crippen molar-refractivity contribution < 1.29 is 9.84 Å². The Morgan fingerprint density at radius 1 is 1.24 bits per heavy atom. The van der Waals surface area contributed by atoms with Crippen molar-refractivity contribution in [2.75, 3.05) is 7.11 Å². The van der Waals surface area contributed by atoms with Crippen LogP contribution in [0.2, 0.25) is 0 Å². The first-order chi connectivity index (χ1) is 8.05. The van der Waals surface area contributed by atoms with Crippen molar-refractivity contribution in [2.24, 2.45) is 11.3 Å². The molecule has 17 heavy (non-hydrogen) atoms. The number of hydrogen-bond acceptors (Lipinski definition) is 3. The summed E-state index contributed by atoms with van der Waals surface area (Å²) in [4.78, 5) is 0. The maximum atomic E-state index is 10.9. The highest BCUT2D eigenvalue weighted by atomic mass is 16.5. The molecule has 0 aromatic carbocycles. The maximum Gasteiger partial charge on any atom is 0.0862 e. The molecule has 0 aromatic heterocycles. The second-order valence-corrected chi connectivity index (χ2v) is 6.01. The summed E-state index contributed by atoms with van der Waals surface area (Å²) in [6.07, 6.45) is 6.25. The normalized spacial score (nSPS) is 46.7. The van der Waals surface area contributed by atoms with Gasteiger partial charge in [0, 0.05) is 7.11 Å². The molecular weight excluding hydrogens is 214 g/mol. The van der Waals surface area contributed by atoms with Crippen LogP contribution >= 0.6 is 0 Å². The van der Waals surface area contributed by atoms with E-state index in [0.29, 0.717) is 18.8 Å². The van der Waals surface area contributed by atoms with E-state index in [-0.39, 0.29) is 6.10 Å². The van der Waals surface area contributed by atoms with Gasteiger partial charge in [-0.25, -0.2) is 0 Å². The Kier molecular flexibility index (Phi) is 3.47. The predicted molar refractivity (Wildman–Crippen MR) is 65.3 cm³/mol.